The number of benzene rings is 1. The van der Waals surface area contributed by atoms with Gasteiger partial charge in [-0.15, -0.1) is 11.8 Å². The molecule has 96 valence electrons. The Bertz CT molecular complexity index is 511. The van der Waals surface area contributed by atoms with E-state index in [0.717, 1.165) is 11.6 Å². The summed E-state index contributed by atoms with van der Waals surface area (Å²) in [5, 5.41) is 4.01. The quantitative estimate of drug-likeness (QED) is 0.785. The lowest BCUT2D eigenvalue weighted by atomic mass is 9.97. The van der Waals surface area contributed by atoms with Crippen LogP contribution >= 0.6 is 11.8 Å². The predicted octanol–water partition coefficient (Wildman–Crippen LogP) is 3.97. The van der Waals surface area contributed by atoms with Crippen molar-refractivity contribution in [2.45, 2.75) is 43.8 Å². The van der Waals surface area contributed by atoms with E-state index in [9.17, 15) is 0 Å². The molecule has 0 saturated carbocycles. The van der Waals surface area contributed by atoms with Gasteiger partial charge >= 0.3 is 0 Å². The Kier molecular flexibility index (Phi) is 3.76. The molecule has 0 atom stereocenters. The molecule has 0 aliphatic rings. The molecule has 2 aromatic rings. The number of aryl methyl sites for hydroxylation is 1. The Morgan fingerprint density at radius 2 is 1.83 bits per heavy atom. The first-order valence-electron chi connectivity index (χ1n) is 5.98. The third kappa shape index (κ3) is 3.35. The smallest absolute Gasteiger partial charge is 0.232 e. The fourth-order valence-electron chi connectivity index (χ4n) is 1.40. The van der Waals surface area contributed by atoms with Crippen LogP contribution in [0.15, 0.2) is 33.7 Å². The van der Waals surface area contributed by atoms with Crippen LogP contribution in [0.3, 0.4) is 0 Å². The minimum atomic E-state index is -0.0836. The van der Waals surface area contributed by atoms with Crippen molar-refractivity contribution >= 4 is 11.8 Å². The van der Waals surface area contributed by atoms with Gasteiger partial charge in [-0.3, -0.25) is 0 Å². The van der Waals surface area contributed by atoms with Gasteiger partial charge < -0.3 is 4.52 Å². The normalized spacial score (nSPS) is 11.8. The van der Waals surface area contributed by atoms with Crippen molar-refractivity contribution < 1.29 is 4.52 Å². The van der Waals surface area contributed by atoms with E-state index in [-0.39, 0.29) is 5.41 Å². The van der Waals surface area contributed by atoms with Gasteiger partial charge in [-0.1, -0.05) is 43.6 Å². The Morgan fingerprint density at radius 1 is 1.17 bits per heavy atom. The van der Waals surface area contributed by atoms with Gasteiger partial charge in [0.05, 0.1) is 5.75 Å². The number of aromatic nitrogens is 2. The zero-order chi connectivity index (χ0) is 13.2. The summed E-state index contributed by atoms with van der Waals surface area (Å²) in [5.74, 6) is 2.19. The van der Waals surface area contributed by atoms with Gasteiger partial charge in [-0.05, 0) is 19.1 Å². The van der Waals surface area contributed by atoms with Gasteiger partial charge in [0.15, 0.2) is 5.82 Å². The van der Waals surface area contributed by atoms with Gasteiger partial charge in [0.25, 0.3) is 0 Å². The van der Waals surface area contributed by atoms with E-state index in [2.05, 4.69) is 62.1 Å². The molecule has 0 bridgehead atoms. The van der Waals surface area contributed by atoms with Crippen LogP contribution in [0.25, 0.3) is 0 Å². The summed E-state index contributed by atoms with van der Waals surface area (Å²) in [6, 6.07) is 8.45. The Balaban J connectivity index is 1.98. The molecule has 1 aromatic heterocycles. The second-order valence-corrected chi connectivity index (χ2v) is 6.42. The van der Waals surface area contributed by atoms with Crippen LogP contribution in [0.2, 0.25) is 0 Å². The average Bonchev–Trinajstić information content (AvgIpc) is 2.77. The van der Waals surface area contributed by atoms with E-state index in [1.54, 1.807) is 11.8 Å². The lowest BCUT2D eigenvalue weighted by Crippen LogP contribution is -2.11. The maximum atomic E-state index is 5.26. The van der Waals surface area contributed by atoms with Crippen molar-refractivity contribution in [2.24, 2.45) is 0 Å². The monoisotopic (exact) mass is 262 g/mol. The molecule has 0 aliphatic carbocycles. The molecule has 0 fully saturated rings. The highest BCUT2D eigenvalue weighted by molar-refractivity contribution is 7.98. The maximum Gasteiger partial charge on any atom is 0.232 e. The van der Waals surface area contributed by atoms with Gasteiger partial charge in [-0.2, -0.15) is 4.98 Å². The Morgan fingerprint density at radius 3 is 2.39 bits per heavy atom. The summed E-state index contributed by atoms with van der Waals surface area (Å²) in [7, 11) is 0. The van der Waals surface area contributed by atoms with Crippen molar-refractivity contribution in [2.75, 3.05) is 0 Å². The molecule has 1 heterocycles. The summed E-state index contributed by atoms with van der Waals surface area (Å²) >= 11 is 1.72. The van der Waals surface area contributed by atoms with E-state index in [4.69, 9.17) is 4.52 Å². The molecular formula is C14H18N2OS. The summed E-state index contributed by atoms with van der Waals surface area (Å²) in [4.78, 5) is 5.64. The molecule has 1 aromatic carbocycles. The number of hydrogen-bond donors (Lipinski definition) is 0. The third-order valence-corrected chi connectivity index (χ3v) is 3.51. The van der Waals surface area contributed by atoms with E-state index < -0.39 is 0 Å². The van der Waals surface area contributed by atoms with Gasteiger partial charge in [-0.25, -0.2) is 0 Å². The second kappa shape index (κ2) is 5.14. The number of nitrogens with zero attached hydrogens (tertiary/aromatic N) is 2. The van der Waals surface area contributed by atoms with E-state index in [1.165, 1.54) is 10.5 Å². The molecule has 0 aliphatic heterocycles. The highest BCUT2D eigenvalue weighted by atomic mass is 32.2. The van der Waals surface area contributed by atoms with Crippen LogP contribution in [0.1, 0.15) is 38.0 Å². The first kappa shape index (κ1) is 13.1. The Hall–Kier alpha value is -1.29. The van der Waals surface area contributed by atoms with Crippen molar-refractivity contribution in [3.05, 3.63) is 41.5 Å². The molecule has 2 rings (SSSR count). The van der Waals surface area contributed by atoms with E-state index >= 15 is 0 Å². The third-order valence-electron chi connectivity index (χ3n) is 2.50. The fourth-order valence-corrected chi connectivity index (χ4v) is 2.14. The van der Waals surface area contributed by atoms with Crippen LogP contribution in [-0.4, -0.2) is 10.1 Å². The molecule has 0 radical (unpaired) electrons. The molecule has 0 amide bonds. The molecular weight excluding hydrogens is 244 g/mol. The molecule has 0 N–H and O–H groups in total. The molecule has 4 heteroatoms. The van der Waals surface area contributed by atoms with Crippen molar-refractivity contribution in [3.8, 4) is 0 Å². The van der Waals surface area contributed by atoms with Crippen molar-refractivity contribution in [1.29, 1.82) is 0 Å². The summed E-state index contributed by atoms with van der Waals surface area (Å²) < 4.78 is 5.26. The zero-order valence-corrected chi connectivity index (χ0v) is 12.0. The molecule has 18 heavy (non-hydrogen) atoms. The minimum absolute atomic E-state index is 0.0836. The average molecular weight is 262 g/mol. The summed E-state index contributed by atoms with van der Waals surface area (Å²) in [6.45, 7) is 8.29. The van der Waals surface area contributed by atoms with Crippen LogP contribution in [0.4, 0.5) is 0 Å². The van der Waals surface area contributed by atoms with Crippen LogP contribution in [-0.2, 0) is 11.2 Å². The summed E-state index contributed by atoms with van der Waals surface area (Å²) in [5.41, 5.74) is 1.19. The fraction of sp³-hybridized carbons (Fsp3) is 0.429. The number of thioether (sulfide) groups is 1. The highest BCUT2D eigenvalue weighted by Gasteiger charge is 2.21. The lowest BCUT2D eigenvalue weighted by molar-refractivity contribution is 0.319. The molecule has 0 unspecified atom stereocenters. The zero-order valence-electron chi connectivity index (χ0n) is 11.2. The second-order valence-electron chi connectivity index (χ2n) is 5.37. The molecule has 0 saturated heterocycles. The highest BCUT2D eigenvalue weighted by Crippen LogP contribution is 2.24. The number of hydrogen-bond acceptors (Lipinski definition) is 4. The van der Waals surface area contributed by atoms with Crippen LogP contribution < -0.4 is 0 Å². The van der Waals surface area contributed by atoms with Gasteiger partial charge in [0, 0.05) is 10.3 Å². The Labute approximate surface area is 112 Å². The van der Waals surface area contributed by atoms with E-state index in [0.29, 0.717) is 5.89 Å². The maximum absolute atomic E-state index is 5.26. The van der Waals surface area contributed by atoms with Gasteiger partial charge in [0.2, 0.25) is 5.89 Å². The van der Waals surface area contributed by atoms with Crippen LogP contribution in [0, 0.1) is 6.92 Å². The molecule has 0 spiro atoms. The predicted molar refractivity (Wildman–Crippen MR) is 73.7 cm³/mol. The summed E-state index contributed by atoms with van der Waals surface area (Å²) in [6.07, 6.45) is 0. The van der Waals surface area contributed by atoms with Crippen molar-refractivity contribution in [3.63, 3.8) is 0 Å². The standard InChI is InChI=1S/C14H18N2OS/c1-10-5-7-11(8-6-10)18-9-12-15-13(17-16-12)14(2,3)4/h5-8H,9H2,1-4H3. The van der Waals surface area contributed by atoms with E-state index in [1.807, 2.05) is 0 Å². The van der Waals surface area contributed by atoms with Crippen LogP contribution in [0.5, 0.6) is 0 Å². The first-order valence-corrected chi connectivity index (χ1v) is 6.96. The SMILES string of the molecule is Cc1ccc(SCc2noc(C(C)(C)C)n2)cc1. The lowest BCUT2D eigenvalue weighted by Gasteiger charge is -2.10. The molecule has 3 nitrogen and oxygen atoms in total. The minimum Gasteiger partial charge on any atom is -0.339 e. The van der Waals surface area contributed by atoms with Crippen molar-refractivity contribution in [1.82, 2.24) is 10.1 Å². The van der Waals surface area contributed by atoms with Gasteiger partial charge in [0.1, 0.15) is 0 Å². The number of rotatable bonds is 3. The topological polar surface area (TPSA) is 38.9 Å². The first-order chi connectivity index (χ1) is 8.45. The largest absolute Gasteiger partial charge is 0.339 e.